The van der Waals surface area contributed by atoms with E-state index in [4.69, 9.17) is 14.4 Å². The lowest BCUT2D eigenvalue weighted by Crippen LogP contribution is -2.33. The second kappa shape index (κ2) is 13.5. The smallest absolute Gasteiger partial charge is 0.180 e. The van der Waals surface area contributed by atoms with Gasteiger partial charge < -0.3 is 8.98 Å². The molecule has 0 unspecified atom stereocenters. The van der Waals surface area contributed by atoms with Gasteiger partial charge in [0.25, 0.3) is 0 Å². The molecule has 306 valence electrons. The van der Waals surface area contributed by atoms with Crippen LogP contribution >= 0.6 is 0 Å². The molecule has 3 heterocycles. The van der Waals surface area contributed by atoms with Crippen LogP contribution in [0.2, 0.25) is 0 Å². The molecule has 0 spiro atoms. The molecule has 9 aromatic carbocycles. The number of fused-ring (bicyclic) bond motifs is 10. The van der Waals surface area contributed by atoms with Crippen molar-refractivity contribution in [2.75, 3.05) is 0 Å². The van der Waals surface area contributed by atoms with Crippen LogP contribution in [-0.2, 0) is 10.8 Å². The maximum absolute atomic E-state index is 6.55. The Morgan fingerprint density at radius 3 is 1.78 bits per heavy atom. The Labute approximate surface area is 371 Å². The van der Waals surface area contributed by atoms with Gasteiger partial charge in [-0.05, 0) is 139 Å². The zero-order valence-corrected chi connectivity index (χ0v) is 36.4. The van der Waals surface area contributed by atoms with Gasteiger partial charge in [0.15, 0.2) is 11.4 Å². The maximum Gasteiger partial charge on any atom is 0.180 e. The first-order valence-electron chi connectivity index (χ1n) is 22.5. The number of hydrogen-bond acceptors (Lipinski definition) is 3. The van der Waals surface area contributed by atoms with Crippen LogP contribution in [0.5, 0.6) is 0 Å². The van der Waals surface area contributed by atoms with Gasteiger partial charge in [-0.15, -0.1) is 0 Å². The van der Waals surface area contributed by atoms with Gasteiger partial charge in [-0.3, -0.25) is 0 Å². The van der Waals surface area contributed by atoms with Crippen LogP contribution in [0.4, 0.5) is 0 Å². The summed E-state index contributed by atoms with van der Waals surface area (Å²) >= 11 is 0. The van der Waals surface area contributed by atoms with E-state index in [0.29, 0.717) is 11.4 Å². The fourth-order valence-corrected chi connectivity index (χ4v) is 10.7. The number of benzene rings is 9. The second-order valence-corrected chi connectivity index (χ2v) is 19.3. The van der Waals surface area contributed by atoms with Crippen molar-refractivity contribution in [2.24, 2.45) is 0 Å². The Hall–Kier alpha value is -7.56. The van der Waals surface area contributed by atoms with Gasteiger partial charge in [-0.1, -0.05) is 143 Å². The van der Waals surface area contributed by atoms with Crippen LogP contribution in [-0.4, -0.2) is 14.5 Å². The van der Waals surface area contributed by atoms with E-state index < -0.39 is 0 Å². The summed E-state index contributed by atoms with van der Waals surface area (Å²) in [5, 5.41) is 10.8. The molecule has 0 N–H and O–H groups in total. The van der Waals surface area contributed by atoms with E-state index in [-0.39, 0.29) is 10.8 Å². The summed E-state index contributed by atoms with van der Waals surface area (Å²) in [7, 11) is 0. The van der Waals surface area contributed by atoms with Crippen molar-refractivity contribution in [2.45, 2.75) is 51.4 Å². The largest absolute Gasteiger partial charge is 0.452 e. The zero-order valence-electron chi connectivity index (χ0n) is 36.4. The van der Waals surface area contributed by atoms with Crippen molar-refractivity contribution in [3.05, 3.63) is 187 Å². The average molecular weight is 824 g/mol. The molecule has 0 fully saturated rings. The van der Waals surface area contributed by atoms with Crippen LogP contribution in [0.1, 0.15) is 51.7 Å². The van der Waals surface area contributed by atoms with Gasteiger partial charge in [0, 0.05) is 33.0 Å². The number of hydrogen-bond donors (Lipinski definition) is 0. The number of furan rings is 1. The van der Waals surface area contributed by atoms with Gasteiger partial charge in [0.2, 0.25) is 0 Å². The van der Waals surface area contributed by atoms with E-state index in [1.165, 1.54) is 78.3 Å². The molecule has 0 amide bonds. The van der Waals surface area contributed by atoms with Gasteiger partial charge in [-0.2, -0.15) is 0 Å². The minimum atomic E-state index is 0.0862. The average Bonchev–Trinajstić information content (AvgIpc) is 3.86. The van der Waals surface area contributed by atoms with Crippen LogP contribution in [0.25, 0.3) is 116 Å². The highest BCUT2D eigenvalue weighted by Crippen LogP contribution is 2.49. The van der Waals surface area contributed by atoms with E-state index >= 15 is 0 Å². The van der Waals surface area contributed by atoms with Crippen LogP contribution in [0.3, 0.4) is 0 Å². The first kappa shape index (κ1) is 37.0. The molecular weight excluding hydrogens is 779 g/mol. The summed E-state index contributed by atoms with van der Waals surface area (Å²) in [6.07, 6.45) is 2.35. The number of nitrogens with zero attached hydrogens (tertiary/aromatic N) is 3. The predicted octanol–water partition coefficient (Wildman–Crippen LogP) is 16.3. The quantitative estimate of drug-likeness (QED) is 0.178. The fraction of sp³-hybridized carbons (Fsp3) is 0.133. The summed E-state index contributed by atoms with van der Waals surface area (Å²) < 4.78 is 9.05. The Kier molecular flexibility index (Phi) is 7.80. The molecule has 4 nitrogen and oxygen atoms in total. The van der Waals surface area contributed by atoms with Crippen molar-refractivity contribution in [1.29, 1.82) is 0 Å². The second-order valence-electron chi connectivity index (χ2n) is 19.3. The first-order valence-corrected chi connectivity index (χ1v) is 22.5. The molecule has 1 aliphatic rings. The minimum Gasteiger partial charge on any atom is -0.452 e. The topological polar surface area (TPSA) is 43.9 Å². The number of rotatable bonds is 4. The molecule has 13 rings (SSSR count). The lowest BCUT2D eigenvalue weighted by Gasteiger charge is -2.42. The normalized spacial score (nSPS) is 14.7. The van der Waals surface area contributed by atoms with Crippen molar-refractivity contribution < 1.29 is 4.42 Å². The Bertz CT molecular complexity index is 3900. The first-order chi connectivity index (χ1) is 31.1. The number of aromatic nitrogens is 3. The summed E-state index contributed by atoms with van der Waals surface area (Å²) in [6.45, 7) is 9.68. The van der Waals surface area contributed by atoms with E-state index in [1.54, 1.807) is 0 Å². The Balaban J connectivity index is 0.978. The molecule has 1 aliphatic carbocycles. The lowest BCUT2D eigenvalue weighted by molar-refractivity contribution is 0.332. The highest BCUT2D eigenvalue weighted by atomic mass is 16.3. The minimum absolute atomic E-state index is 0.0862. The van der Waals surface area contributed by atoms with Gasteiger partial charge in [0.05, 0.1) is 11.0 Å². The monoisotopic (exact) mass is 823 g/mol. The molecule has 64 heavy (non-hydrogen) atoms. The molecule has 12 aromatic rings. The summed E-state index contributed by atoms with van der Waals surface area (Å²) in [5.41, 5.74) is 14.1. The molecular formula is C60H45N3O. The third-order valence-electron chi connectivity index (χ3n) is 14.4. The lowest BCUT2D eigenvalue weighted by atomic mass is 9.63. The molecule has 4 heteroatoms. The van der Waals surface area contributed by atoms with Crippen molar-refractivity contribution in [3.63, 3.8) is 0 Å². The predicted molar refractivity (Wildman–Crippen MR) is 268 cm³/mol. The van der Waals surface area contributed by atoms with Crippen molar-refractivity contribution in [3.8, 4) is 39.5 Å². The highest BCUT2D eigenvalue weighted by Gasteiger charge is 2.38. The molecule has 0 bridgehead atoms. The number of para-hydroxylation sites is 1. The van der Waals surface area contributed by atoms with Crippen molar-refractivity contribution >= 4 is 76.2 Å². The Morgan fingerprint density at radius 1 is 0.438 bits per heavy atom. The SMILES string of the molecule is CC1(C)CCC(C)(C)c2cc3c(cc21)c1cc2ccccc2cc1n3-c1ccc2ccc(-c3nc(-c4ccc(-c5ccc6ccccc6c5)cc4)c4oc5ccccc5c4n3)cc2c1. The molecule has 0 saturated heterocycles. The molecule has 0 saturated carbocycles. The van der Waals surface area contributed by atoms with Crippen LogP contribution < -0.4 is 0 Å². The van der Waals surface area contributed by atoms with Crippen LogP contribution in [0, 0.1) is 0 Å². The summed E-state index contributed by atoms with van der Waals surface area (Å²) in [5.74, 6) is 0.666. The van der Waals surface area contributed by atoms with Gasteiger partial charge in [0.1, 0.15) is 16.8 Å². The highest BCUT2D eigenvalue weighted by molar-refractivity contribution is 6.14. The molecule has 0 atom stereocenters. The molecule has 3 aromatic heterocycles. The molecule has 0 radical (unpaired) electrons. The van der Waals surface area contributed by atoms with Crippen LogP contribution in [0.15, 0.2) is 180 Å². The zero-order chi connectivity index (χ0) is 42.9. The van der Waals surface area contributed by atoms with E-state index in [2.05, 4.69) is 190 Å². The van der Waals surface area contributed by atoms with E-state index in [0.717, 1.165) is 49.9 Å². The third-order valence-corrected chi connectivity index (χ3v) is 14.4. The third kappa shape index (κ3) is 5.68. The summed E-state index contributed by atoms with van der Waals surface area (Å²) in [6, 6.07) is 64.1. The van der Waals surface area contributed by atoms with Crippen molar-refractivity contribution in [1.82, 2.24) is 14.5 Å². The maximum atomic E-state index is 6.55. The Morgan fingerprint density at radius 2 is 1.00 bits per heavy atom. The standard InChI is InChI=1S/C60H45N3O/c1-59(2)27-28-60(3,4)51-35-53-49(34-50(51)59)48-32-41-13-7-8-14-42(41)33-52(48)63(53)46-26-25-38-20-24-44(30-45(38)31-46)58-61-55(57-56(62-58)47-15-9-10-16-54(47)64-57)39-21-17-37(18-22-39)43-23-19-36-11-5-6-12-40(36)29-43/h5-26,29-35H,27-28H2,1-4H3. The fourth-order valence-electron chi connectivity index (χ4n) is 10.7. The van der Waals surface area contributed by atoms with E-state index in [1.807, 2.05) is 18.2 Å². The summed E-state index contributed by atoms with van der Waals surface area (Å²) in [4.78, 5) is 10.6. The van der Waals surface area contributed by atoms with Gasteiger partial charge >= 0.3 is 0 Å². The van der Waals surface area contributed by atoms with Gasteiger partial charge in [-0.25, -0.2) is 9.97 Å². The van der Waals surface area contributed by atoms with E-state index in [9.17, 15) is 0 Å². The molecule has 0 aliphatic heterocycles.